The Morgan fingerprint density at radius 2 is 2.23 bits per heavy atom. The highest BCUT2D eigenvalue weighted by Crippen LogP contribution is 2.53. The molecule has 70 valence electrons. The minimum absolute atomic E-state index is 0.433. The van der Waals surface area contributed by atoms with Crippen LogP contribution in [0.5, 0.6) is 0 Å². The molecule has 2 aliphatic carbocycles. The van der Waals surface area contributed by atoms with Gasteiger partial charge in [-0.05, 0) is 54.2 Å². The largest absolute Gasteiger partial charge is 0.234 e. The summed E-state index contributed by atoms with van der Waals surface area (Å²) in [5.74, 6) is 2.54. The van der Waals surface area contributed by atoms with E-state index in [1.54, 1.807) is 0 Å². The third kappa shape index (κ3) is 1.29. The van der Waals surface area contributed by atoms with Crippen LogP contribution in [0.1, 0.15) is 36.6 Å². The molecule has 1 aromatic rings. The fourth-order valence-corrected chi connectivity index (χ4v) is 3.92. The van der Waals surface area contributed by atoms with Crippen LogP contribution in [-0.4, -0.2) is 9.36 Å². The second-order valence-corrected chi connectivity index (χ2v) is 5.30. The summed E-state index contributed by atoms with van der Waals surface area (Å²) in [5, 5.41) is 1.61. The molecule has 0 amide bonds. The molecule has 0 aliphatic heterocycles. The summed E-state index contributed by atoms with van der Waals surface area (Å²) in [5.41, 5.74) is 0. The summed E-state index contributed by atoms with van der Waals surface area (Å²) < 4.78 is 4.04. The van der Waals surface area contributed by atoms with Crippen LogP contribution in [0, 0.1) is 11.8 Å². The van der Waals surface area contributed by atoms with E-state index in [1.165, 1.54) is 42.2 Å². The molecule has 2 aliphatic rings. The molecule has 13 heavy (non-hydrogen) atoms. The Morgan fingerprint density at radius 1 is 1.31 bits per heavy atom. The number of hydrogen-bond acceptors (Lipinski definition) is 3. The summed E-state index contributed by atoms with van der Waals surface area (Å²) in [4.78, 5) is 4.28. The van der Waals surface area contributed by atoms with Gasteiger partial charge in [-0.1, -0.05) is 6.42 Å². The summed E-state index contributed by atoms with van der Waals surface area (Å²) in [6.07, 6.45) is 5.58. The quantitative estimate of drug-likeness (QED) is 0.718. The number of fused-ring (bicyclic) bond motifs is 2. The Bertz CT molecular complexity index is 325. The average Bonchev–Trinajstić information content (AvgIpc) is 2.77. The third-order valence-corrected chi connectivity index (χ3v) is 4.59. The van der Waals surface area contributed by atoms with Gasteiger partial charge in [-0.3, -0.25) is 0 Å². The van der Waals surface area contributed by atoms with Gasteiger partial charge in [-0.2, -0.15) is 4.37 Å². The number of rotatable bonds is 1. The molecule has 2 fully saturated rings. The number of nitrogens with zero attached hydrogens (tertiary/aromatic N) is 2. The maximum absolute atomic E-state index is 5.73. The second kappa shape index (κ2) is 2.92. The molecule has 3 unspecified atom stereocenters. The van der Waals surface area contributed by atoms with Crippen molar-refractivity contribution in [3.63, 3.8) is 0 Å². The van der Waals surface area contributed by atoms with E-state index in [0.717, 1.165) is 11.8 Å². The molecular weight excluding hydrogens is 204 g/mol. The van der Waals surface area contributed by atoms with Crippen molar-refractivity contribution in [2.24, 2.45) is 11.8 Å². The van der Waals surface area contributed by atoms with E-state index in [1.807, 2.05) is 0 Å². The standard InChI is InChI=1S/C9H11ClN2S/c10-9-11-8(13-12-9)7-4-5-1-2-6(7)3-5/h5-7H,1-4H2. The van der Waals surface area contributed by atoms with Gasteiger partial charge in [-0.25, -0.2) is 4.98 Å². The molecule has 0 saturated heterocycles. The van der Waals surface area contributed by atoms with Crippen LogP contribution in [0.25, 0.3) is 0 Å². The molecule has 3 atom stereocenters. The molecule has 0 N–H and O–H groups in total. The minimum Gasteiger partial charge on any atom is -0.209 e. The Labute approximate surface area is 86.5 Å². The van der Waals surface area contributed by atoms with Crippen LogP contribution >= 0.6 is 23.1 Å². The van der Waals surface area contributed by atoms with Crippen molar-refractivity contribution in [1.82, 2.24) is 9.36 Å². The molecule has 0 spiro atoms. The molecule has 3 rings (SSSR count). The first-order valence-electron chi connectivity index (χ1n) is 4.82. The number of halogens is 1. The Morgan fingerprint density at radius 3 is 2.77 bits per heavy atom. The van der Waals surface area contributed by atoms with Crippen molar-refractivity contribution >= 4 is 23.1 Å². The van der Waals surface area contributed by atoms with Crippen molar-refractivity contribution in [3.05, 3.63) is 10.3 Å². The van der Waals surface area contributed by atoms with Gasteiger partial charge in [0.25, 0.3) is 0 Å². The molecule has 2 bridgehead atoms. The van der Waals surface area contributed by atoms with Gasteiger partial charge in [-0.15, -0.1) is 0 Å². The van der Waals surface area contributed by atoms with Crippen molar-refractivity contribution in [1.29, 1.82) is 0 Å². The van der Waals surface area contributed by atoms with Crippen LogP contribution in [0.3, 0.4) is 0 Å². The summed E-state index contributed by atoms with van der Waals surface area (Å²) in [6.45, 7) is 0. The van der Waals surface area contributed by atoms with Gasteiger partial charge in [0.05, 0.1) is 0 Å². The molecule has 2 nitrogen and oxygen atoms in total. The predicted molar refractivity (Wildman–Crippen MR) is 53.1 cm³/mol. The van der Waals surface area contributed by atoms with E-state index < -0.39 is 0 Å². The Kier molecular flexibility index (Phi) is 1.84. The zero-order chi connectivity index (χ0) is 8.84. The topological polar surface area (TPSA) is 25.8 Å². The van der Waals surface area contributed by atoms with Gasteiger partial charge >= 0.3 is 0 Å². The highest BCUT2D eigenvalue weighted by Gasteiger charge is 2.41. The lowest BCUT2D eigenvalue weighted by Gasteiger charge is -2.18. The molecule has 0 radical (unpaired) electrons. The van der Waals surface area contributed by atoms with E-state index in [0.29, 0.717) is 11.2 Å². The van der Waals surface area contributed by atoms with Crippen LogP contribution in [-0.2, 0) is 0 Å². The fraction of sp³-hybridized carbons (Fsp3) is 0.778. The average molecular weight is 215 g/mol. The van der Waals surface area contributed by atoms with E-state index in [9.17, 15) is 0 Å². The minimum atomic E-state index is 0.433. The van der Waals surface area contributed by atoms with Crippen molar-refractivity contribution < 1.29 is 0 Å². The summed E-state index contributed by atoms with van der Waals surface area (Å²) in [6, 6.07) is 0. The third-order valence-electron chi connectivity index (χ3n) is 3.47. The van der Waals surface area contributed by atoms with Crippen LogP contribution in [0.2, 0.25) is 5.28 Å². The summed E-state index contributed by atoms with van der Waals surface area (Å²) >= 11 is 7.22. The van der Waals surface area contributed by atoms with Crippen molar-refractivity contribution in [3.8, 4) is 0 Å². The SMILES string of the molecule is Clc1nsc(C2CC3CCC2C3)n1. The van der Waals surface area contributed by atoms with Crippen LogP contribution < -0.4 is 0 Å². The van der Waals surface area contributed by atoms with Crippen molar-refractivity contribution in [2.45, 2.75) is 31.6 Å². The molecule has 1 aromatic heterocycles. The predicted octanol–water partition coefficient (Wildman–Crippen LogP) is 3.10. The summed E-state index contributed by atoms with van der Waals surface area (Å²) in [7, 11) is 0. The van der Waals surface area contributed by atoms with Gasteiger partial charge in [0, 0.05) is 5.92 Å². The van der Waals surface area contributed by atoms with Gasteiger partial charge < -0.3 is 0 Å². The normalized spacial score (nSPS) is 37.2. The van der Waals surface area contributed by atoms with Crippen LogP contribution in [0.4, 0.5) is 0 Å². The molecular formula is C9H11ClN2S. The smallest absolute Gasteiger partial charge is 0.209 e. The lowest BCUT2D eigenvalue weighted by Crippen LogP contribution is -2.07. The van der Waals surface area contributed by atoms with E-state index in [-0.39, 0.29) is 0 Å². The monoisotopic (exact) mass is 214 g/mol. The van der Waals surface area contributed by atoms with Gasteiger partial charge in [0.2, 0.25) is 5.28 Å². The zero-order valence-corrected chi connectivity index (χ0v) is 8.81. The lowest BCUT2D eigenvalue weighted by molar-refractivity contribution is 0.419. The van der Waals surface area contributed by atoms with Crippen LogP contribution in [0.15, 0.2) is 0 Å². The number of hydrogen-bond donors (Lipinski definition) is 0. The first-order chi connectivity index (χ1) is 6.33. The Balaban J connectivity index is 1.87. The molecule has 2 saturated carbocycles. The molecule has 0 aromatic carbocycles. The van der Waals surface area contributed by atoms with Gasteiger partial charge in [0.1, 0.15) is 5.01 Å². The first-order valence-corrected chi connectivity index (χ1v) is 5.97. The molecule has 4 heteroatoms. The molecule has 1 heterocycles. The highest BCUT2D eigenvalue weighted by atomic mass is 35.5. The maximum atomic E-state index is 5.73. The zero-order valence-electron chi connectivity index (χ0n) is 7.24. The van der Waals surface area contributed by atoms with E-state index >= 15 is 0 Å². The fourth-order valence-electron chi connectivity index (χ4n) is 2.91. The van der Waals surface area contributed by atoms with Gasteiger partial charge in [0.15, 0.2) is 0 Å². The van der Waals surface area contributed by atoms with Crippen molar-refractivity contribution in [2.75, 3.05) is 0 Å². The maximum Gasteiger partial charge on any atom is 0.234 e. The highest BCUT2D eigenvalue weighted by molar-refractivity contribution is 7.05. The first kappa shape index (κ1) is 8.18. The number of aromatic nitrogens is 2. The van der Waals surface area contributed by atoms with E-state index in [4.69, 9.17) is 11.6 Å². The lowest BCUT2D eigenvalue weighted by atomic mass is 9.89. The van der Waals surface area contributed by atoms with E-state index in [2.05, 4.69) is 9.36 Å². The Hall–Kier alpha value is -0.150. The second-order valence-electron chi connectivity index (χ2n) is 4.18.